The molecule has 0 bridgehead atoms. The molecule has 0 unspecified atom stereocenters. The molecule has 160 valence electrons. The van der Waals surface area contributed by atoms with E-state index in [1.54, 1.807) is 12.3 Å². The zero-order valence-corrected chi connectivity index (χ0v) is 18.2. The first-order chi connectivity index (χ1) is 14.3. The second kappa shape index (κ2) is 9.86. The average Bonchev–Trinajstić information content (AvgIpc) is 2.77. The van der Waals surface area contributed by atoms with E-state index in [0.29, 0.717) is 32.5 Å². The van der Waals surface area contributed by atoms with Crippen LogP contribution < -0.4 is 10.2 Å². The van der Waals surface area contributed by atoms with E-state index in [1.807, 2.05) is 61.5 Å². The third-order valence-electron chi connectivity index (χ3n) is 5.15. The van der Waals surface area contributed by atoms with Crippen molar-refractivity contribution in [3.63, 3.8) is 0 Å². The Morgan fingerprint density at radius 1 is 1.20 bits per heavy atom. The number of benzene rings is 1. The van der Waals surface area contributed by atoms with Crippen molar-refractivity contribution in [3.05, 3.63) is 65.2 Å². The molecule has 0 aliphatic carbocycles. The quantitative estimate of drug-likeness (QED) is 0.733. The summed E-state index contributed by atoms with van der Waals surface area (Å²) in [5, 5.41) is 4.21. The fourth-order valence-electron chi connectivity index (χ4n) is 3.34. The summed E-state index contributed by atoms with van der Waals surface area (Å²) in [6.45, 7) is 1.12. The van der Waals surface area contributed by atoms with Crippen LogP contribution in [0, 0.1) is 5.92 Å². The number of pyridine rings is 1. The number of carbonyl (C=O) groups is 1. The number of hydrogen-bond donors (Lipinski definition) is 1. The van der Waals surface area contributed by atoms with Gasteiger partial charge in [-0.2, -0.15) is 4.31 Å². The molecule has 0 saturated carbocycles. The largest absolute Gasteiger partial charge is 0.363 e. The lowest BCUT2D eigenvalue weighted by atomic mass is 9.97. The molecular weight excluding hydrogens is 400 g/mol. The Kier molecular flexibility index (Phi) is 7.23. The number of amides is 1. The van der Waals surface area contributed by atoms with Crippen LogP contribution in [0.25, 0.3) is 6.08 Å². The minimum atomic E-state index is -3.49. The molecular formula is C22H28N4O3S. The Morgan fingerprint density at radius 2 is 1.90 bits per heavy atom. The van der Waals surface area contributed by atoms with E-state index < -0.39 is 10.0 Å². The van der Waals surface area contributed by atoms with Gasteiger partial charge in [-0.05, 0) is 42.2 Å². The molecule has 1 aliphatic rings. The zero-order chi connectivity index (χ0) is 21.6. The summed E-state index contributed by atoms with van der Waals surface area (Å²) in [6, 6.07) is 13.1. The zero-order valence-electron chi connectivity index (χ0n) is 17.4. The minimum Gasteiger partial charge on any atom is -0.363 e. The first kappa shape index (κ1) is 22.0. The number of carbonyl (C=O) groups excluding carboxylic acids is 1. The summed E-state index contributed by atoms with van der Waals surface area (Å²) >= 11 is 0. The molecule has 1 fully saturated rings. The van der Waals surface area contributed by atoms with Gasteiger partial charge in [0.05, 0.1) is 0 Å². The number of nitrogens with zero attached hydrogens (tertiary/aromatic N) is 3. The molecule has 7 nitrogen and oxygen atoms in total. The van der Waals surface area contributed by atoms with Gasteiger partial charge in [-0.15, -0.1) is 0 Å². The van der Waals surface area contributed by atoms with Crippen molar-refractivity contribution >= 4 is 27.8 Å². The molecule has 1 aromatic carbocycles. The summed E-state index contributed by atoms with van der Waals surface area (Å²) in [5.41, 5.74) is 1.82. The molecule has 1 aliphatic heterocycles. The monoisotopic (exact) mass is 428 g/mol. The fourth-order valence-corrected chi connectivity index (χ4v) is 4.56. The SMILES string of the molecule is CN(C)c1cc(CNC(=O)C2CCN(S(=O)(=O)/C=C/c3ccccc3)CC2)ccn1. The molecule has 0 spiro atoms. The number of piperidine rings is 1. The molecule has 1 aromatic heterocycles. The van der Waals surface area contributed by atoms with Crippen molar-refractivity contribution in [1.29, 1.82) is 0 Å². The highest BCUT2D eigenvalue weighted by atomic mass is 32.2. The maximum atomic E-state index is 12.6. The lowest BCUT2D eigenvalue weighted by molar-refractivity contribution is -0.126. The third kappa shape index (κ3) is 5.90. The van der Waals surface area contributed by atoms with E-state index in [2.05, 4.69) is 10.3 Å². The number of rotatable bonds is 7. The number of aromatic nitrogens is 1. The van der Waals surface area contributed by atoms with Gasteiger partial charge in [0, 0.05) is 51.3 Å². The molecule has 1 amide bonds. The van der Waals surface area contributed by atoms with Crippen LogP contribution in [0.4, 0.5) is 5.82 Å². The van der Waals surface area contributed by atoms with Gasteiger partial charge in [-0.1, -0.05) is 30.3 Å². The van der Waals surface area contributed by atoms with Crippen molar-refractivity contribution in [2.24, 2.45) is 5.92 Å². The van der Waals surface area contributed by atoms with E-state index in [0.717, 1.165) is 16.9 Å². The molecule has 1 N–H and O–H groups in total. The first-order valence-corrected chi connectivity index (χ1v) is 11.5. The summed E-state index contributed by atoms with van der Waals surface area (Å²) in [7, 11) is 0.347. The first-order valence-electron chi connectivity index (χ1n) is 9.98. The smallest absolute Gasteiger partial charge is 0.236 e. The number of anilines is 1. The Hall–Kier alpha value is -2.71. The number of hydrogen-bond acceptors (Lipinski definition) is 5. The highest BCUT2D eigenvalue weighted by Gasteiger charge is 2.29. The Labute approximate surface area is 178 Å². The fraction of sp³-hybridized carbons (Fsp3) is 0.364. The molecule has 0 atom stereocenters. The summed E-state index contributed by atoms with van der Waals surface area (Å²) in [5.74, 6) is 0.628. The van der Waals surface area contributed by atoms with Gasteiger partial charge in [0.1, 0.15) is 5.82 Å². The highest BCUT2D eigenvalue weighted by molar-refractivity contribution is 7.92. The van der Waals surface area contributed by atoms with Crippen LogP contribution in [-0.4, -0.2) is 50.8 Å². The average molecular weight is 429 g/mol. The Morgan fingerprint density at radius 3 is 2.57 bits per heavy atom. The molecule has 2 aromatic rings. The Balaban J connectivity index is 1.50. The van der Waals surface area contributed by atoms with Crippen LogP contribution in [-0.2, 0) is 21.4 Å². The molecule has 2 heterocycles. The van der Waals surface area contributed by atoms with Gasteiger partial charge < -0.3 is 10.2 Å². The van der Waals surface area contributed by atoms with Crippen LogP contribution >= 0.6 is 0 Å². The summed E-state index contributed by atoms with van der Waals surface area (Å²) < 4.78 is 26.6. The van der Waals surface area contributed by atoms with Gasteiger partial charge in [-0.25, -0.2) is 13.4 Å². The second-order valence-corrected chi connectivity index (χ2v) is 9.38. The molecule has 3 rings (SSSR count). The van der Waals surface area contributed by atoms with Crippen molar-refractivity contribution in [2.75, 3.05) is 32.1 Å². The summed E-state index contributed by atoms with van der Waals surface area (Å²) in [6.07, 6.45) is 4.36. The number of sulfonamides is 1. The lowest BCUT2D eigenvalue weighted by Crippen LogP contribution is -2.42. The van der Waals surface area contributed by atoms with Crippen molar-refractivity contribution < 1.29 is 13.2 Å². The van der Waals surface area contributed by atoms with Crippen LogP contribution in [0.2, 0.25) is 0 Å². The van der Waals surface area contributed by atoms with Gasteiger partial charge in [0.25, 0.3) is 0 Å². The van der Waals surface area contributed by atoms with Crippen molar-refractivity contribution in [3.8, 4) is 0 Å². The second-order valence-electron chi connectivity index (χ2n) is 7.57. The van der Waals surface area contributed by atoms with E-state index in [4.69, 9.17) is 0 Å². The van der Waals surface area contributed by atoms with E-state index >= 15 is 0 Å². The van der Waals surface area contributed by atoms with Crippen molar-refractivity contribution in [2.45, 2.75) is 19.4 Å². The van der Waals surface area contributed by atoms with Crippen LogP contribution in [0.5, 0.6) is 0 Å². The molecule has 0 radical (unpaired) electrons. The molecule has 8 heteroatoms. The van der Waals surface area contributed by atoms with Crippen LogP contribution in [0.1, 0.15) is 24.0 Å². The standard InChI is InChI=1S/C22H28N4O3S/c1-25(2)21-16-19(8-12-23-21)17-24-22(27)20-9-13-26(14-10-20)30(28,29)15-11-18-6-4-3-5-7-18/h3-8,11-12,15-16,20H,9-10,13-14,17H2,1-2H3,(H,24,27)/b15-11+. The number of nitrogens with one attached hydrogen (secondary N) is 1. The molecule has 1 saturated heterocycles. The maximum absolute atomic E-state index is 12.6. The third-order valence-corrected chi connectivity index (χ3v) is 6.72. The van der Waals surface area contributed by atoms with Crippen LogP contribution in [0.15, 0.2) is 54.1 Å². The predicted molar refractivity (Wildman–Crippen MR) is 119 cm³/mol. The van der Waals surface area contributed by atoms with E-state index in [-0.39, 0.29) is 11.8 Å². The van der Waals surface area contributed by atoms with Gasteiger partial charge in [0.2, 0.25) is 15.9 Å². The van der Waals surface area contributed by atoms with E-state index in [1.165, 1.54) is 9.71 Å². The lowest BCUT2D eigenvalue weighted by Gasteiger charge is -2.29. The maximum Gasteiger partial charge on any atom is 0.236 e. The van der Waals surface area contributed by atoms with Gasteiger partial charge >= 0.3 is 0 Å². The normalized spacial score (nSPS) is 15.9. The minimum absolute atomic E-state index is 0.0323. The van der Waals surface area contributed by atoms with Gasteiger partial charge in [0.15, 0.2) is 0 Å². The van der Waals surface area contributed by atoms with Gasteiger partial charge in [-0.3, -0.25) is 4.79 Å². The summed E-state index contributed by atoms with van der Waals surface area (Å²) in [4.78, 5) is 18.7. The topological polar surface area (TPSA) is 82.6 Å². The highest BCUT2D eigenvalue weighted by Crippen LogP contribution is 2.21. The van der Waals surface area contributed by atoms with Crippen LogP contribution in [0.3, 0.4) is 0 Å². The Bertz CT molecular complexity index is 982. The predicted octanol–water partition coefficient (Wildman–Crippen LogP) is 2.48. The molecule has 30 heavy (non-hydrogen) atoms. The van der Waals surface area contributed by atoms with E-state index in [9.17, 15) is 13.2 Å². The van der Waals surface area contributed by atoms with Crippen molar-refractivity contribution in [1.82, 2.24) is 14.6 Å².